The molecule has 1 heterocycles. The fourth-order valence-electron chi connectivity index (χ4n) is 3.03. The van der Waals surface area contributed by atoms with Gasteiger partial charge in [0.15, 0.2) is 6.39 Å². The van der Waals surface area contributed by atoms with E-state index in [2.05, 4.69) is 82.2 Å². The predicted molar refractivity (Wildman–Crippen MR) is 95.5 cm³/mol. The van der Waals surface area contributed by atoms with Crippen LogP contribution in [-0.2, 0) is 0 Å². The topological polar surface area (TPSA) is 26.0 Å². The molecule has 0 saturated heterocycles. The van der Waals surface area contributed by atoms with Crippen molar-refractivity contribution in [1.82, 2.24) is 4.98 Å². The monoisotopic (exact) mass is 297 g/mol. The minimum atomic E-state index is 1.34. The smallest absolute Gasteiger partial charge is 0.180 e. The summed E-state index contributed by atoms with van der Waals surface area (Å²) in [4.78, 5) is 3.56. The Morgan fingerprint density at radius 3 is 1.04 bits per heavy atom. The summed E-state index contributed by atoms with van der Waals surface area (Å²) in [6.07, 6.45) is 4.47. The van der Waals surface area contributed by atoms with Crippen molar-refractivity contribution in [2.24, 2.45) is 0 Å². The number of nitrogens with zero attached hydrogens (tertiary/aromatic N) is 1. The van der Waals surface area contributed by atoms with E-state index in [0.717, 1.165) is 0 Å². The lowest BCUT2D eigenvalue weighted by Crippen LogP contribution is -1.81. The molecule has 0 saturated carbocycles. The molecule has 0 amide bonds. The third kappa shape index (κ3) is 2.44. The van der Waals surface area contributed by atoms with Crippen LogP contribution in [0.5, 0.6) is 0 Å². The van der Waals surface area contributed by atoms with Crippen molar-refractivity contribution in [3.63, 3.8) is 0 Å². The van der Waals surface area contributed by atoms with Crippen LogP contribution in [0.15, 0.2) is 96.1 Å². The van der Waals surface area contributed by atoms with Gasteiger partial charge in [0, 0.05) is 0 Å². The second-order valence-electron chi connectivity index (χ2n) is 5.31. The van der Waals surface area contributed by atoms with E-state index in [4.69, 9.17) is 0 Å². The highest BCUT2D eigenvalue weighted by Crippen LogP contribution is 2.34. The molecule has 2 nitrogen and oxygen atoms in total. The lowest BCUT2D eigenvalue weighted by atomic mass is 9.95. The average molecular weight is 297 g/mol. The SMILES string of the molecule is c1ccc2c(c1)c1ccccc1c1ccccc21.c1cocn1. The Labute approximate surface area is 134 Å². The van der Waals surface area contributed by atoms with Crippen molar-refractivity contribution in [3.05, 3.63) is 91.7 Å². The molecule has 0 aliphatic carbocycles. The highest BCUT2D eigenvalue weighted by Gasteiger charge is 2.06. The van der Waals surface area contributed by atoms with E-state index >= 15 is 0 Å². The molecule has 5 rings (SSSR count). The van der Waals surface area contributed by atoms with Crippen LogP contribution in [0.1, 0.15) is 0 Å². The Morgan fingerprint density at radius 2 is 0.870 bits per heavy atom. The predicted octanol–water partition coefficient (Wildman–Crippen LogP) is 5.82. The summed E-state index contributed by atoms with van der Waals surface area (Å²) in [5, 5.41) is 8.04. The maximum absolute atomic E-state index is 4.47. The molecule has 0 bridgehead atoms. The van der Waals surface area contributed by atoms with Gasteiger partial charge in [-0.1, -0.05) is 72.8 Å². The van der Waals surface area contributed by atoms with E-state index in [1.807, 2.05) is 0 Å². The van der Waals surface area contributed by atoms with Crippen molar-refractivity contribution in [2.75, 3.05) is 0 Å². The first-order valence-corrected chi connectivity index (χ1v) is 7.55. The van der Waals surface area contributed by atoms with Gasteiger partial charge in [-0.2, -0.15) is 0 Å². The summed E-state index contributed by atoms with van der Waals surface area (Å²) in [6, 6.07) is 26.0. The molecule has 0 aliphatic heterocycles. The van der Waals surface area contributed by atoms with Crippen molar-refractivity contribution in [1.29, 1.82) is 0 Å². The number of fused-ring (bicyclic) bond motifs is 6. The van der Waals surface area contributed by atoms with E-state index in [9.17, 15) is 0 Å². The van der Waals surface area contributed by atoms with Crippen LogP contribution in [0.3, 0.4) is 0 Å². The van der Waals surface area contributed by atoms with Gasteiger partial charge >= 0.3 is 0 Å². The fraction of sp³-hybridized carbons (Fsp3) is 0. The van der Waals surface area contributed by atoms with Gasteiger partial charge in [-0.25, -0.2) is 4.98 Å². The van der Waals surface area contributed by atoms with E-state index in [-0.39, 0.29) is 0 Å². The zero-order chi connectivity index (χ0) is 15.5. The molecule has 0 spiro atoms. The molecule has 0 N–H and O–H groups in total. The first-order valence-electron chi connectivity index (χ1n) is 7.55. The van der Waals surface area contributed by atoms with Crippen molar-refractivity contribution >= 4 is 32.3 Å². The van der Waals surface area contributed by atoms with Crippen molar-refractivity contribution in [3.8, 4) is 0 Å². The fourth-order valence-corrected chi connectivity index (χ4v) is 3.03. The number of hydrogen-bond donors (Lipinski definition) is 0. The highest BCUT2D eigenvalue weighted by molar-refractivity contribution is 6.25. The lowest BCUT2D eigenvalue weighted by Gasteiger charge is -2.09. The Bertz CT molecular complexity index is 827. The molecule has 1 aromatic heterocycles. The van der Waals surface area contributed by atoms with Gasteiger partial charge in [-0.05, 0) is 32.3 Å². The van der Waals surface area contributed by atoms with Crippen LogP contribution in [0.4, 0.5) is 0 Å². The summed E-state index contributed by atoms with van der Waals surface area (Å²) < 4.78 is 4.47. The molecule has 110 valence electrons. The molecule has 0 radical (unpaired) electrons. The number of aromatic nitrogens is 1. The summed E-state index contributed by atoms with van der Waals surface area (Å²) >= 11 is 0. The summed E-state index contributed by atoms with van der Waals surface area (Å²) in [7, 11) is 0. The third-order valence-corrected chi connectivity index (χ3v) is 4.00. The first-order chi connectivity index (χ1) is 11.4. The van der Waals surface area contributed by atoms with Gasteiger partial charge in [-0.15, -0.1) is 0 Å². The first kappa shape index (κ1) is 13.5. The standard InChI is InChI=1S/C18H12.C3H3NO/c1-2-8-14-13(7-1)15-9-3-4-11-17(15)18-12-6-5-10-16(14)18;1-2-5-3-4-1/h1-12H;1-3H. The van der Waals surface area contributed by atoms with Crippen LogP contribution in [0.2, 0.25) is 0 Å². The molecule has 0 aliphatic rings. The maximum Gasteiger partial charge on any atom is 0.180 e. The second-order valence-corrected chi connectivity index (χ2v) is 5.31. The summed E-state index contributed by atoms with van der Waals surface area (Å²) in [6.45, 7) is 0. The third-order valence-electron chi connectivity index (χ3n) is 4.00. The number of oxazole rings is 1. The normalized spacial score (nSPS) is 10.6. The van der Waals surface area contributed by atoms with Crippen molar-refractivity contribution in [2.45, 2.75) is 0 Å². The molecule has 2 heteroatoms. The molecule has 5 aromatic rings. The highest BCUT2D eigenvalue weighted by atomic mass is 16.3. The molecule has 4 aromatic carbocycles. The molecule has 0 fully saturated rings. The van der Waals surface area contributed by atoms with Gasteiger partial charge in [0.05, 0.1) is 6.20 Å². The average Bonchev–Trinajstić information content (AvgIpc) is 3.22. The summed E-state index contributed by atoms with van der Waals surface area (Å²) in [5.41, 5.74) is 0. The minimum absolute atomic E-state index is 1.34. The van der Waals surface area contributed by atoms with Crippen LogP contribution in [-0.4, -0.2) is 4.98 Å². The van der Waals surface area contributed by atoms with Gasteiger partial charge in [0.25, 0.3) is 0 Å². The number of rotatable bonds is 0. The Balaban J connectivity index is 0.000000233. The molecule has 0 unspecified atom stereocenters. The molecule has 0 atom stereocenters. The quantitative estimate of drug-likeness (QED) is 0.336. The van der Waals surface area contributed by atoms with Crippen LogP contribution >= 0.6 is 0 Å². The maximum atomic E-state index is 4.47. The molecule has 23 heavy (non-hydrogen) atoms. The van der Waals surface area contributed by atoms with E-state index in [1.165, 1.54) is 45.0 Å². The molecular weight excluding hydrogens is 282 g/mol. The summed E-state index contributed by atoms with van der Waals surface area (Å²) in [5.74, 6) is 0. The van der Waals surface area contributed by atoms with Gasteiger partial charge < -0.3 is 4.42 Å². The number of hydrogen-bond acceptors (Lipinski definition) is 2. The second kappa shape index (κ2) is 5.93. The number of benzene rings is 4. The van der Waals surface area contributed by atoms with Crippen LogP contribution in [0, 0.1) is 0 Å². The van der Waals surface area contributed by atoms with E-state index < -0.39 is 0 Å². The van der Waals surface area contributed by atoms with E-state index in [1.54, 1.807) is 6.20 Å². The van der Waals surface area contributed by atoms with Crippen molar-refractivity contribution < 1.29 is 4.42 Å². The zero-order valence-corrected chi connectivity index (χ0v) is 12.5. The zero-order valence-electron chi connectivity index (χ0n) is 12.5. The van der Waals surface area contributed by atoms with Crippen LogP contribution < -0.4 is 0 Å². The Morgan fingerprint density at radius 1 is 0.522 bits per heavy atom. The Kier molecular flexibility index (Phi) is 3.49. The Hall–Kier alpha value is -3.13. The van der Waals surface area contributed by atoms with E-state index in [0.29, 0.717) is 0 Å². The minimum Gasteiger partial charge on any atom is -0.452 e. The van der Waals surface area contributed by atoms with Gasteiger partial charge in [0.1, 0.15) is 6.26 Å². The molecular formula is C21H15NO. The largest absolute Gasteiger partial charge is 0.452 e. The lowest BCUT2D eigenvalue weighted by molar-refractivity contribution is 0.558. The van der Waals surface area contributed by atoms with Gasteiger partial charge in [-0.3, -0.25) is 0 Å². The van der Waals surface area contributed by atoms with Crippen LogP contribution in [0.25, 0.3) is 32.3 Å². The van der Waals surface area contributed by atoms with Gasteiger partial charge in [0.2, 0.25) is 0 Å².